The number of amides is 1. The standard InChI is InChI=1S/C17H19FN2O/c1-12(14-7-9-15(18)10-8-14)20-17(21)16(19)11-13-5-3-2-4-6-13/h2-10,12,16H,11,19H2,1H3,(H,20,21)/t12-,16+/m0/s1. The lowest BCUT2D eigenvalue weighted by atomic mass is 10.0. The maximum absolute atomic E-state index is 12.9. The molecule has 2 aromatic rings. The number of hydrogen-bond donors (Lipinski definition) is 2. The summed E-state index contributed by atoms with van der Waals surface area (Å²) >= 11 is 0. The minimum absolute atomic E-state index is 0.208. The van der Waals surface area contributed by atoms with E-state index in [-0.39, 0.29) is 17.8 Å². The molecule has 0 aliphatic heterocycles. The van der Waals surface area contributed by atoms with Crippen molar-refractivity contribution >= 4 is 5.91 Å². The highest BCUT2D eigenvalue weighted by Gasteiger charge is 2.17. The lowest BCUT2D eigenvalue weighted by Crippen LogP contribution is -2.42. The Kier molecular flexibility index (Phi) is 5.06. The van der Waals surface area contributed by atoms with Crippen LogP contribution in [0, 0.1) is 5.82 Å². The molecule has 3 N–H and O–H groups in total. The van der Waals surface area contributed by atoms with Crippen molar-refractivity contribution in [2.75, 3.05) is 0 Å². The molecule has 0 radical (unpaired) electrons. The number of nitrogens with two attached hydrogens (primary N) is 1. The first-order valence-electron chi connectivity index (χ1n) is 6.91. The number of carbonyl (C=O) groups is 1. The van der Waals surface area contributed by atoms with Crippen LogP contribution in [-0.2, 0) is 11.2 Å². The SMILES string of the molecule is C[C@H](NC(=O)[C@H](N)Cc1ccccc1)c1ccc(F)cc1. The predicted molar refractivity (Wildman–Crippen MR) is 81.1 cm³/mol. The van der Waals surface area contributed by atoms with Gasteiger partial charge in [-0.05, 0) is 36.6 Å². The van der Waals surface area contributed by atoms with Crippen LogP contribution in [0.15, 0.2) is 54.6 Å². The molecule has 0 aliphatic carbocycles. The van der Waals surface area contributed by atoms with Gasteiger partial charge in [0.15, 0.2) is 0 Å². The molecule has 3 nitrogen and oxygen atoms in total. The van der Waals surface area contributed by atoms with E-state index in [1.54, 1.807) is 12.1 Å². The summed E-state index contributed by atoms with van der Waals surface area (Å²) in [5.41, 5.74) is 7.79. The first-order valence-corrected chi connectivity index (χ1v) is 6.91. The summed E-state index contributed by atoms with van der Waals surface area (Å²) in [7, 11) is 0. The molecular formula is C17H19FN2O. The molecule has 2 aromatic carbocycles. The fraction of sp³-hybridized carbons (Fsp3) is 0.235. The first-order chi connectivity index (χ1) is 10.1. The Labute approximate surface area is 124 Å². The van der Waals surface area contributed by atoms with Crippen molar-refractivity contribution in [2.24, 2.45) is 5.73 Å². The number of benzene rings is 2. The summed E-state index contributed by atoms with van der Waals surface area (Å²) in [6.45, 7) is 1.85. The molecular weight excluding hydrogens is 267 g/mol. The van der Waals surface area contributed by atoms with Gasteiger partial charge in [-0.15, -0.1) is 0 Å². The molecule has 0 unspecified atom stereocenters. The normalized spacial score (nSPS) is 13.5. The van der Waals surface area contributed by atoms with E-state index in [1.807, 2.05) is 37.3 Å². The maximum atomic E-state index is 12.9. The molecule has 110 valence electrons. The quantitative estimate of drug-likeness (QED) is 0.887. The van der Waals surface area contributed by atoms with Gasteiger partial charge in [-0.3, -0.25) is 4.79 Å². The molecule has 0 saturated carbocycles. The Morgan fingerprint density at radius 3 is 2.38 bits per heavy atom. The van der Waals surface area contributed by atoms with Crippen molar-refractivity contribution in [1.29, 1.82) is 0 Å². The fourth-order valence-corrected chi connectivity index (χ4v) is 2.12. The van der Waals surface area contributed by atoms with Gasteiger partial charge in [0.1, 0.15) is 5.82 Å². The van der Waals surface area contributed by atoms with Crippen molar-refractivity contribution in [3.8, 4) is 0 Å². The third kappa shape index (κ3) is 4.39. The van der Waals surface area contributed by atoms with Gasteiger partial charge >= 0.3 is 0 Å². The summed E-state index contributed by atoms with van der Waals surface area (Å²) in [4.78, 5) is 12.1. The third-order valence-corrected chi connectivity index (χ3v) is 3.36. The van der Waals surface area contributed by atoms with Crippen LogP contribution in [0.2, 0.25) is 0 Å². The predicted octanol–water partition coefficient (Wildman–Crippen LogP) is 2.57. The summed E-state index contributed by atoms with van der Waals surface area (Å²) in [5.74, 6) is -0.506. The Morgan fingerprint density at radius 2 is 1.76 bits per heavy atom. The van der Waals surface area contributed by atoms with Crippen molar-refractivity contribution in [3.05, 3.63) is 71.5 Å². The Balaban J connectivity index is 1.92. The minimum atomic E-state index is -0.602. The zero-order chi connectivity index (χ0) is 15.2. The molecule has 0 fully saturated rings. The van der Waals surface area contributed by atoms with Crippen molar-refractivity contribution in [3.63, 3.8) is 0 Å². The fourth-order valence-electron chi connectivity index (χ4n) is 2.12. The van der Waals surface area contributed by atoms with Gasteiger partial charge in [0.05, 0.1) is 12.1 Å². The molecule has 21 heavy (non-hydrogen) atoms. The third-order valence-electron chi connectivity index (χ3n) is 3.36. The summed E-state index contributed by atoms with van der Waals surface area (Å²) in [6.07, 6.45) is 0.489. The molecule has 0 aromatic heterocycles. The smallest absolute Gasteiger partial charge is 0.237 e. The molecule has 0 saturated heterocycles. The van der Waals surface area contributed by atoms with Gasteiger partial charge in [-0.25, -0.2) is 4.39 Å². The molecule has 0 heterocycles. The topological polar surface area (TPSA) is 55.1 Å². The number of rotatable bonds is 5. The maximum Gasteiger partial charge on any atom is 0.237 e. The summed E-state index contributed by atoms with van der Waals surface area (Å²) in [6, 6.07) is 14.9. The van der Waals surface area contributed by atoms with E-state index in [0.29, 0.717) is 6.42 Å². The van der Waals surface area contributed by atoms with E-state index in [1.165, 1.54) is 12.1 Å². The van der Waals surface area contributed by atoms with E-state index in [9.17, 15) is 9.18 Å². The van der Waals surface area contributed by atoms with Gasteiger partial charge < -0.3 is 11.1 Å². The first kappa shape index (κ1) is 15.2. The van der Waals surface area contributed by atoms with Crippen molar-refractivity contribution in [1.82, 2.24) is 5.32 Å². The van der Waals surface area contributed by atoms with E-state index in [2.05, 4.69) is 5.32 Å². The molecule has 0 aliphatic rings. The lowest BCUT2D eigenvalue weighted by molar-refractivity contribution is -0.123. The molecule has 0 spiro atoms. The van der Waals surface area contributed by atoms with Gasteiger partial charge in [-0.1, -0.05) is 42.5 Å². The number of nitrogens with one attached hydrogen (secondary N) is 1. The van der Waals surface area contributed by atoms with E-state index in [0.717, 1.165) is 11.1 Å². The molecule has 2 rings (SSSR count). The zero-order valence-corrected chi connectivity index (χ0v) is 11.9. The van der Waals surface area contributed by atoms with Crippen LogP contribution in [0.3, 0.4) is 0 Å². The van der Waals surface area contributed by atoms with Crippen LogP contribution in [0.25, 0.3) is 0 Å². The largest absolute Gasteiger partial charge is 0.348 e. The molecule has 2 atom stereocenters. The molecule has 1 amide bonds. The average molecular weight is 286 g/mol. The zero-order valence-electron chi connectivity index (χ0n) is 11.9. The van der Waals surface area contributed by atoms with Gasteiger partial charge in [0, 0.05) is 0 Å². The second kappa shape index (κ2) is 6.99. The summed E-state index contributed by atoms with van der Waals surface area (Å²) in [5, 5.41) is 2.85. The van der Waals surface area contributed by atoms with Crippen LogP contribution in [-0.4, -0.2) is 11.9 Å². The van der Waals surface area contributed by atoms with Crippen LogP contribution >= 0.6 is 0 Å². The highest BCUT2D eigenvalue weighted by atomic mass is 19.1. The highest BCUT2D eigenvalue weighted by Crippen LogP contribution is 2.13. The lowest BCUT2D eigenvalue weighted by Gasteiger charge is -2.18. The van der Waals surface area contributed by atoms with Crippen LogP contribution in [0.5, 0.6) is 0 Å². The average Bonchev–Trinajstić information content (AvgIpc) is 2.48. The highest BCUT2D eigenvalue weighted by molar-refractivity contribution is 5.82. The monoisotopic (exact) mass is 286 g/mol. The van der Waals surface area contributed by atoms with Crippen LogP contribution in [0.4, 0.5) is 4.39 Å². The van der Waals surface area contributed by atoms with E-state index < -0.39 is 6.04 Å². The van der Waals surface area contributed by atoms with Gasteiger partial charge in [0.25, 0.3) is 0 Å². The minimum Gasteiger partial charge on any atom is -0.348 e. The number of halogens is 1. The Morgan fingerprint density at radius 1 is 1.14 bits per heavy atom. The Bertz CT molecular complexity index is 583. The Hall–Kier alpha value is -2.20. The molecule has 0 bridgehead atoms. The van der Waals surface area contributed by atoms with E-state index >= 15 is 0 Å². The summed E-state index contributed by atoms with van der Waals surface area (Å²) < 4.78 is 12.9. The van der Waals surface area contributed by atoms with Gasteiger partial charge in [-0.2, -0.15) is 0 Å². The van der Waals surface area contributed by atoms with Crippen LogP contribution < -0.4 is 11.1 Å². The second-order valence-corrected chi connectivity index (χ2v) is 5.08. The van der Waals surface area contributed by atoms with Gasteiger partial charge in [0.2, 0.25) is 5.91 Å². The van der Waals surface area contributed by atoms with Crippen LogP contribution in [0.1, 0.15) is 24.1 Å². The van der Waals surface area contributed by atoms with E-state index in [4.69, 9.17) is 5.73 Å². The number of carbonyl (C=O) groups excluding carboxylic acids is 1. The number of hydrogen-bond acceptors (Lipinski definition) is 2. The van der Waals surface area contributed by atoms with Crippen molar-refractivity contribution < 1.29 is 9.18 Å². The molecule has 4 heteroatoms. The van der Waals surface area contributed by atoms with Crippen molar-refractivity contribution in [2.45, 2.75) is 25.4 Å². The second-order valence-electron chi connectivity index (χ2n) is 5.08.